The van der Waals surface area contributed by atoms with E-state index in [1.807, 2.05) is 18.7 Å². The summed E-state index contributed by atoms with van der Waals surface area (Å²) >= 11 is 0. The van der Waals surface area contributed by atoms with E-state index in [1.54, 1.807) is 102 Å². The topological polar surface area (TPSA) is 85.7 Å². The highest BCUT2D eigenvalue weighted by atomic mass is 16.3. The lowest BCUT2D eigenvalue weighted by Crippen LogP contribution is -2.36. The minimum absolute atomic E-state index is 0.0389. The number of carbonyl (C=O) groups is 3. The summed E-state index contributed by atoms with van der Waals surface area (Å²) in [5, 5.41) is 11.6. The van der Waals surface area contributed by atoms with Gasteiger partial charge in [-0.2, -0.15) is 0 Å². The van der Waals surface area contributed by atoms with E-state index in [-0.39, 0.29) is 11.4 Å². The van der Waals surface area contributed by atoms with Crippen molar-refractivity contribution in [3.05, 3.63) is 131 Å². The van der Waals surface area contributed by atoms with Crippen molar-refractivity contribution >= 4 is 28.8 Å². The van der Waals surface area contributed by atoms with Crippen molar-refractivity contribution < 1.29 is 28.6 Å². The second kappa shape index (κ2) is 8.86. The second-order valence-electron chi connectivity index (χ2n) is 9.32. The maximum Gasteiger partial charge on any atom is 0.263 e. The normalized spacial score (nSPS) is 17.0. The molecule has 2 aromatic heterocycles. The molecule has 0 fully saturated rings. The number of aliphatic hydroxyl groups is 1. The molecule has 186 valence electrons. The Bertz CT molecular complexity index is 1660. The van der Waals surface area contributed by atoms with Crippen molar-refractivity contribution in [3.8, 4) is 0 Å². The van der Waals surface area contributed by atoms with E-state index >= 15 is 0 Å². The summed E-state index contributed by atoms with van der Waals surface area (Å²) < 4.78 is 3.63. The Hall–Kier alpha value is -4.95. The average Bonchev–Trinajstić information content (AvgIpc) is 3.39. The monoisotopic (exact) mass is 504 g/mol. The summed E-state index contributed by atoms with van der Waals surface area (Å²) in [6.45, 7) is 0. The predicted molar refractivity (Wildman–Crippen MR) is 138 cm³/mol. The number of hydrogen-bond acceptors (Lipinski definition) is 5. The number of para-hydroxylation sites is 2. The summed E-state index contributed by atoms with van der Waals surface area (Å²) in [7, 11) is 3.70. The molecule has 0 saturated heterocycles. The van der Waals surface area contributed by atoms with Gasteiger partial charge in [-0.05, 0) is 24.3 Å². The number of fused-ring (bicyclic) bond motifs is 2. The van der Waals surface area contributed by atoms with Crippen molar-refractivity contribution in [3.63, 3.8) is 0 Å². The Labute approximate surface area is 218 Å². The van der Waals surface area contributed by atoms with Crippen LogP contribution in [0.4, 0.5) is 11.4 Å². The molecule has 1 amide bonds. The van der Waals surface area contributed by atoms with Gasteiger partial charge in [-0.3, -0.25) is 19.3 Å². The largest absolute Gasteiger partial charge is 0.369 e. The molecule has 2 aliphatic rings. The van der Waals surface area contributed by atoms with Crippen LogP contribution in [0.25, 0.3) is 0 Å². The summed E-state index contributed by atoms with van der Waals surface area (Å²) in [4.78, 5) is 44.5. The van der Waals surface area contributed by atoms with Gasteiger partial charge < -0.3 is 10.0 Å². The van der Waals surface area contributed by atoms with Crippen LogP contribution >= 0.6 is 0 Å². The van der Waals surface area contributed by atoms with Gasteiger partial charge >= 0.3 is 0 Å². The van der Waals surface area contributed by atoms with Crippen molar-refractivity contribution in [1.82, 2.24) is 0 Å². The molecule has 1 atom stereocenters. The molecule has 38 heavy (non-hydrogen) atoms. The molecule has 8 nitrogen and oxygen atoms in total. The van der Waals surface area contributed by atoms with Crippen LogP contribution in [0.5, 0.6) is 0 Å². The number of aryl methyl sites for hydroxylation is 2. The molecule has 1 unspecified atom stereocenters. The second-order valence-corrected chi connectivity index (χ2v) is 9.32. The number of pyridine rings is 2. The highest BCUT2D eigenvalue weighted by Crippen LogP contribution is 2.45. The fourth-order valence-corrected chi connectivity index (χ4v) is 4.95. The molecule has 1 N–H and O–H groups in total. The number of aliphatic hydroxyl groups excluding tert-OH is 1. The fourth-order valence-electron chi connectivity index (χ4n) is 4.95. The summed E-state index contributed by atoms with van der Waals surface area (Å²) in [6, 6.07) is 20.5. The van der Waals surface area contributed by atoms with Gasteiger partial charge in [0.05, 0.1) is 16.9 Å². The molecule has 2 aromatic carbocycles. The number of benzene rings is 2. The van der Waals surface area contributed by atoms with Gasteiger partial charge in [0.2, 0.25) is 11.6 Å². The molecule has 0 aliphatic carbocycles. The maximum atomic E-state index is 13.9. The van der Waals surface area contributed by atoms with Crippen LogP contribution in [0.3, 0.4) is 0 Å². The number of allylic oxidation sites excluding steroid dienone is 2. The number of anilines is 2. The number of rotatable bonds is 3. The van der Waals surface area contributed by atoms with Gasteiger partial charge in [0.25, 0.3) is 5.91 Å². The first-order valence-electron chi connectivity index (χ1n) is 12.1. The Morgan fingerprint density at radius 1 is 0.711 bits per heavy atom. The van der Waals surface area contributed by atoms with Crippen LogP contribution in [0.2, 0.25) is 0 Å². The Morgan fingerprint density at radius 2 is 1.21 bits per heavy atom. The van der Waals surface area contributed by atoms with Crippen LogP contribution in [-0.4, -0.2) is 22.6 Å². The molecule has 2 aliphatic heterocycles. The lowest BCUT2D eigenvalue weighted by molar-refractivity contribution is -0.671. The predicted octanol–water partition coefficient (Wildman–Crippen LogP) is 2.78. The molecule has 4 heterocycles. The lowest BCUT2D eigenvalue weighted by Gasteiger charge is -2.29. The van der Waals surface area contributed by atoms with E-state index in [0.29, 0.717) is 33.6 Å². The number of Topliss-reactive ketones (excluding diaryl/α,β-unsaturated/α-hetero) is 2. The maximum absolute atomic E-state index is 13.9. The molecular formula is C30H24N4O4+2. The number of carbonyl (C=O) groups excluding carboxylic acids is 3. The first kappa shape index (κ1) is 23.4. The van der Waals surface area contributed by atoms with E-state index in [9.17, 15) is 19.5 Å². The van der Waals surface area contributed by atoms with Gasteiger partial charge in [0.1, 0.15) is 25.5 Å². The van der Waals surface area contributed by atoms with Crippen molar-refractivity contribution in [1.29, 1.82) is 0 Å². The molecule has 0 spiro atoms. The van der Waals surface area contributed by atoms with E-state index in [0.717, 1.165) is 0 Å². The molecule has 0 radical (unpaired) electrons. The van der Waals surface area contributed by atoms with E-state index in [4.69, 9.17) is 0 Å². The number of aromatic nitrogens is 2. The fraction of sp³-hybridized carbons (Fsp3) is 0.100. The first-order valence-corrected chi connectivity index (χ1v) is 12.1. The summed E-state index contributed by atoms with van der Waals surface area (Å²) in [6.07, 6.45) is 5.78. The van der Waals surface area contributed by atoms with E-state index < -0.39 is 23.7 Å². The third-order valence-corrected chi connectivity index (χ3v) is 6.89. The lowest BCUT2D eigenvalue weighted by atomic mass is 10.1. The molecule has 0 bridgehead atoms. The SMILES string of the molecule is C[n+]1ccc(C(=O)N2/C(=C3\C(=O)c4ccccc4N3C(O)c3cc[n+](C)cc3)C(=O)c3ccccc32)cc1. The highest BCUT2D eigenvalue weighted by Gasteiger charge is 2.46. The molecule has 4 aromatic rings. The summed E-state index contributed by atoms with van der Waals surface area (Å²) in [5.41, 5.74) is 2.28. The standard InChI is InChI=1S/C30H24N4O4/c1-31-15-11-19(12-16-31)29(37)33-23-9-5-3-7-21(23)27(35)25(33)26-28(36)22-8-4-6-10-24(22)34(26)30(38)20-13-17-32(2)18-14-20/h3-18,29,37H,1-2H3/q+2/b26-25+. The summed E-state index contributed by atoms with van der Waals surface area (Å²) in [5.74, 6) is -1.34. The van der Waals surface area contributed by atoms with Crippen LogP contribution in [-0.2, 0) is 14.1 Å². The first-order chi connectivity index (χ1) is 18.4. The molecule has 0 saturated carbocycles. The Balaban J connectivity index is 1.60. The molecule has 8 heteroatoms. The molecule has 6 rings (SSSR count). The minimum Gasteiger partial charge on any atom is -0.369 e. The van der Waals surface area contributed by atoms with Crippen molar-refractivity contribution in [2.45, 2.75) is 6.23 Å². The quantitative estimate of drug-likeness (QED) is 0.343. The average molecular weight is 505 g/mol. The van der Waals surface area contributed by atoms with Crippen molar-refractivity contribution in [2.75, 3.05) is 9.80 Å². The van der Waals surface area contributed by atoms with Crippen LogP contribution < -0.4 is 18.9 Å². The zero-order valence-corrected chi connectivity index (χ0v) is 20.8. The van der Waals surface area contributed by atoms with Crippen molar-refractivity contribution in [2.24, 2.45) is 14.1 Å². The van der Waals surface area contributed by atoms with Gasteiger partial charge in [0.15, 0.2) is 31.0 Å². The van der Waals surface area contributed by atoms with E-state index in [2.05, 4.69) is 0 Å². The Kier molecular flexibility index (Phi) is 5.47. The Morgan fingerprint density at radius 3 is 1.84 bits per heavy atom. The van der Waals surface area contributed by atoms with Gasteiger partial charge in [-0.25, -0.2) is 9.13 Å². The number of nitrogens with zero attached hydrogens (tertiary/aromatic N) is 4. The number of hydrogen-bond donors (Lipinski definition) is 1. The third kappa shape index (κ3) is 3.54. The highest BCUT2D eigenvalue weighted by molar-refractivity contribution is 6.32. The van der Waals surface area contributed by atoms with Gasteiger partial charge in [-0.15, -0.1) is 0 Å². The zero-order chi connectivity index (χ0) is 26.6. The van der Waals surface area contributed by atoms with Crippen LogP contribution in [0.1, 0.15) is 42.9 Å². The van der Waals surface area contributed by atoms with Gasteiger partial charge in [0, 0.05) is 41.0 Å². The van der Waals surface area contributed by atoms with Crippen LogP contribution in [0, 0.1) is 0 Å². The third-order valence-electron chi connectivity index (χ3n) is 6.89. The van der Waals surface area contributed by atoms with Crippen LogP contribution in [0.15, 0.2) is 109 Å². The molecular weight excluding hydrogens is 480 g/mol. The van der Waals surface area contributed by atoms with E-state index in [1.165, 1.54) is 9.80 Å². The smallest absolute Gasteiger partial charge is 0.263 e. The number of ketones is 2. The number of amides is 1. The zero-order valence-electron chi connectivity index (χ0n) is 20.8. The van der Waals surface area contributed by atoms with Gasteiger partial charge in [-0.1, -0.05) is 24.3 Å². The minimum atomic E-state index is -1.28.